The van der Waals surface area contributed by atoms with E-state index >= 15 is 0 Å². The van der Waals surface area contributed by atoms with Crippen LogP contribution in [0.2, 0.25) is 0 Å². The van der Waals surface area contributed by atoms with Gasteiger partial charge in [-0.15, -0.1) is 0 Å². The smallest absolute Gasteiger partial charge is 0.143 e. The molecule has 6 aromatic carbocycles. The Morgan fingerprint density at radius 1 is 0.429 bits per heavy atom. The fourth-order valence-corrected chi connectivity index (χ4v) is 5.98. The Balaban J connectivity index is 1.36. The van der Waals surface area contributed by atoms with Crippen LogP contribution in [0.15, 0.2) is 130 Å². The molecule has 0 saturated carbocycles. The van der Waals surface area contributed by atoms with Crippen LogP contribution in [0.3, 0.4) is 0 Å². The van der Waals surface area contributed by atoms with Crippen LogP contribution in [-0.2, 0) is 0 Å². The van der Waals surface area contributed by atoms with E-state index in [9.17, 15) is 10.5 Å². The van der Waals surface area contributed by atoms with Crippen LogP contribution < -0.4 is 0 Å². The Hall–Kier alpha value is -6.10. The summed E-state index contributed by atoms with van der Waals surface area (Å²) in [6.07, 6.45) is 0. The van der Waals surface area contributed by atoms with Gasteiger partial charge in [-0.3, -0.25) is 0 Å². The SMILES string of the molecule is N#Cc1ccc2oc3cc(-c4ccc(-c5cccc6c5oc5ccccc56)c(-c5ccccc5C#N)c4)ccc3c2c1. The number of para-hydroxylation sites is 2. The lowest BCUT2D eigenvalue weighted by Crippen LogP contribution is -1.91. The standard InChI is InChI=1S/C38H20N2O2/c39-21-23-12-17-36-34(18-23)30-16-14-25(20-37(30)41-36)24-13-15-28(33(19-24)27-7-2-1-6-26(27)22-40)31-9-5-10-32-29-8-3-4-11-35(29)42-38(31)32/h1-20H. The predicted molar refractivity (Wildman–Crippen MR) is 167 cm³/mol. The van der Waals surface area contributed by atoms with Crippen LogP contribution in [0.1, 0.15) is 11.1 Å². The molecule has 0 unspecified atom stereocenters. The van der Waals surface area contributed by atoms with Gasteiger partial charge < -0.3 is 8.83 Å². The number of hydrogen-bond acceptors (Lipinski definition) is 4. The third-order valence-corrected chi connectivity index (χ3v) is 7.99. The molecule has 42 heavy (non-hydrogen) atoms. The zero-order chi connectivity index (χ0) is 28.2. The molecule has 0 bridgehead atoms. The van der Waals surface area contributed by atoms with E-state index in [1.165, 1.54) is 0 Å². The first kappa shape index (κ1) is 23.8. The Kier molecular flexibility index (Phi) is 5.22. The first-order valence-corrected chi connectivity index (χ1v) is 13.6. The number of hydrogen-bond donors (Lipinski definition) is 0. The van der Waals surface area contributed by atoms with E-state index in [1.54, 1.807) is 6.07 Å². The monoisotopic (exact) mass is 536 g/mol. The molecule has 0 aliphatic heterocycles. The summed E-state index contributed by atoms with van der Waals surface area (Å²) < 4.78 is 12.6. The highest BCUT2D eigenvalue weighted by molar-refractivity contribution is 6.11. The number of benzene rings is 6. The average molecular weight is 537 g/mol. The van der Waals surface area contributed by atoms with Crippen LogP contribution in [0, 0.1) is 22.7 Å². The fourth-order valence-electron chi connectivity index (χ4n) is 5.98. The van der Waals surface area contributed by atoms with E-state index < -0.39 is 0 Å². The van der Waals surface area contributed by atoms with Gasteiger partial charge in [0.1, 0.15) is 22.3 Å². The van der Waals surface area contributed by atoms with E-state index in [0.717, 1.165) is 77.3 Å². The maximum absolute atomic E-state index is 10.0. The Morgan fingerprint density at radius 2 is 1.17 bits per heavy atom. The van der Waals surface area contributed by atoms with Crippen molar-refractivity contribution in [1.29, 1.82) is 10.5 Å². The van der Waals surface area contributed by atoms with Crippen molar-refractivity contribution in [3.8, 4) is 45.5 Å². The molecule has 0 radical (unpaired) electrons. The minimum atomic E-state index is 0.602. The van der Waals surface area contributed by atoms with Crippen LogP contribution in [0.4, 0.5) is 0 Å². The highest BCUT2D eigenvalue weighted by Crippen LogP contribution is 2.42. The van der Waals surface area contributed by atoms with E-state index in [0.29, 0.717) is 11.1 Å². The number of rotatable bonds is 3. The van der Waals surface area contributed by atoms with Crippen molar-refractivity contribution in [3.05, 3.63) is 132 Å². The summed E-state index contributed by atoms with van der Waals surface area (Å²) in [6, 6.07) is 44.6. The molecule has 2 heterocycles. The second-order valence-electron chi connectivity index (χ2n) is 10.3. The van der Waals surface area contributed by atoms with Crippen LogP contribution in [0.5, 0.6) is 0 Å². The zero-order valence-electron chi connectivity index (χ0n) is 22.3. The Labute approximate surface area is 240 Å². The van der Waals surface area contributed by atoms with Crippen molar-refractivity contribution in [2.45, 2.75) is 0 Å². The summed E-state index contributed by atoms with van der Waals surface area (Å²) in [5.74, 6) is 0. The van der Waals surface area contributed by atoms with Gasteiger partial charge in [0.2, 0.25) is 0 Å². The van der Waals surface area contributed by atoms with Crippen molar-refractivity contribution >= 4 is 43.9 Å². The fraction of sp³-hybridized carbons (Fsp3) is 0. The second-order valence-corrected chi connectivity index (χ2v) is 10.3. The quantitative estimate of drug-likeness (QED) is 0.225. The molecule has 4 nitrogen and oxygen atoms in total. The minimum Gasteiger partial charge on any atom is -0.456 e. The maximum atomic E-state index is 10.0. The largest absolute Gasteiger partial charge is 0.456 e. The van der Waals surface area contributed by atoms with Crippen molar-refractivity contribution in [2.75, 3.05) is 0 Å². The molecule has 8 aromatic rings. The summed E-state index contributed by atoms with van der Waals surface area (Å²) >= 11 is 0. The molecule has 4 heteroatoms. The lowest BCUT2D eigenvalue weighted by molar-refractivity contribution is 0.669. The number of fused-ring (bicyclic) bond motifs is 6. The van der Waals surface area contributed by atoms with Gasteiger partial charge in [-0.1, -0.05) is 72.8 Å². The molecule has 194 valence electrons. The summed E-state index contributed by atoms with van der Waals surface area (Å²) in [6.45, 7) is 0. The van der Waals surface area contributed by atoms with E-state index in [-0.39, 0.29) is 0 Å². The predicted octanol–water partition coefficient (Wildman–Crippen LogP) is 10.2. The van der Waals surface area contributed by atoms with Gasteiger partial charge in [0.25, 0.3) is 0 Å². The molecule has 8 rings (SSSR count). The zero-order valence-corrected chi connectivity index (χ0v) is 22.3. The third-order valence-electron chi connectivity index (χ3n) is 7.99. The van der Waals surface area contributed by atoms with Gasteiger partial charge in [0.15, 0.2) is 0 Å². The van der Waals surface area contributed by atoms with Gasteiger partial charge in [0, 0.05) is 32.7 Å². The molecule has 2 aromatic heterocycles. The first-order valence-electron chi connectivity index (χ1n) is 13.6. The molecule has 0 atom stereocenters. The topological polar surface area (TPSA) is 73.9 Å². The summed E-state index contributed by atoms with van der Waals surface area (Å²) in [5.41, 5.74) is 10.1. The molecular weight excluding hydrogens is 516 g/mol. The molecule has 0 aliphatic carbocycles. The second kappa shape index (κ2) is 9.24. The summed E-state index contributed by atoms with van der Waals surface area (Å²) in [7, 11) is 0. The third kappa shape index (κ3) is 3.60. The van der Waals surface area contributed by atoms with E-state index in [2.05, 4.69) is 60.7 Å². The lowest BCUT2D eigenvalue weighted by Gasteiger charge is -2.14. The van der Waals surface area contributed by atoms with Gasteiger partial charge in [-0.05, 0) is 70.8 Å². The molecule has 0 fully saturated rings. The molecule has 0 aliphatic rings. The number of nitrogens with zero attached hydrogens (tertiary/aromatic N) is 2. The normalized spacial score (nSPS) is 11.3. The molecule has 0 amide bonds. The van der Waals surface area contributed by atoms with Crippen molar-refractivity contribution < 1.29 is 8.83 Å². The number of nitriles is 2. The van der Waals surface area contributed by atoms with Gasteiger partial charge >= 0.3 is 0 Å². The van der Waals surface area contributed by atoms with Gasteiger partial charge in [-0.2, -0.15) is 10.5 Å². The Morgan fingerprint density at radius 3 is 2.07 bits per heavy atom. The summed E-state index contributed by atoms with van der Waals surface area (Å²) in [5, 5.41) is 23.4. The first-order chi connectivity index (χ1) is 20.7. The van der Waals surface area contributed by atoms with Crippen LogP contribution >= 0.6 is 0 Å². The Bertz CT molecular complexity index is 2450. The van der Waals surface area contributed by atoms with Crippen LogP contribution in [-0.4, -0.2) is 0 Å². The maximum Gasteiger partial charge on any atom is 0.143 e. The van der Waals surface area contributed by atoms with Gasteiger partial charge in [-0.25, -0.2) is 0 Å². The van der Waals surface area contributed by atoms with Crippen LogP contribution in [0.25, 0.3) is 77.3 Å². The lowest BCUT2D eigenvalue weighted by atomic mass is 9.88. The van der Waals surface area contributed by atoms with E-state index in [1.807, 2.05) is 66.7 Å². The molecule has 0 spiro atoms. The summed E-state index contributed by atoms with van der Waals surface area (Å²) in [4.78, 5) is 0. The minimum absolute atomic E-state index is 0.602. The molecule has 0 N–H and O–H groups in total. The highest BCUT2D eigenvalue weighted by atomic mass is 16.3. The van der Waals surface area contributed by atoms with Crippen molar-refractivity contribution in [2.24, 2.45) is 0 Å². The molecular formula is C38H20N2O2. The van der Waals surface area contributed by atoms with Gasteiger partial charge in [0.05, 0.1) is 23.3 Å². The highest BCUT2D eigenvalue weighted by Gasteiger charge is 2.18. The van der Waals surface area contributed by atoms with Crippen molar-refractivity contribution in [3.63, 3.8) is 0 Å². The average Bonchev–Trinajstić information content (AvgIpc) is 3.62. The van der Waals surface area contributed by atoms with E-state index in [4.69, 9.17) is 8.83 Å². The number of furan rings is 2. The molecule has 0 saturated heterocycles. The van der Waals surface area contributed by atoms with Crippen molar-refractivity contribution in [1.82, 2.24) is 0 Å².